The fourth-order valence-electron chi connectivity index (χ4n) is 2.30. The number of nitrogens with zero attached hydrogens (tertiary/aromatic N) is 3. The van der Waals surface area contributed by atoms with Gasteiger partial charge in [0.05, 0.1) is 5.69 Å². The number of halogens is 2. The molecule has 0 aliphatic heterocycles. The van der Waals surface area contributed by atoms with Gasteiger partial charge in [-0.25, -0.2) is 4.98 Å². The Balaban J connectivity index is 1.80. The second-order valence-corrected chi connectivity index (χ2v) is 5.53. The molecule has 0 saturated heterocycles. The third kappa shape index (κ3) is 3.85. The number of fused-ring (bicyclic) bond motifs is 1. The van der Waals surface area contributed by atoms with Crippen molar-refractivity contribution in [3.63, 3.8) is 0 Å². The number of pyridine rings is 1. The van der Waals surface area contributed by atoms with Gasteiger partial charge in [0.15, 0.2) is 0 Å². The zero-order chi connectivity index (χ0) is 18.0. The quantitative estimate of drug-likeness (QED) is 0.770. The zero-order valence-electron chi connectivity index (χ0n) is 13.6. The van der Waals surface area contributed by atoms with Crippen LogP contribution >= 0.6 is 0 Å². The summed E-state index contributed by atoms with van der Waals surface area (Å²) in [6.07, 6.45) is 3.47. The molecule has 0 spiro atoms. The normalized spacial score (nSPS) is 10.9. The van der Waals surface area contributed by atoms with Crippen molar-refractivity contribution in [1.29, 1.82) is 0 Å². The summed E-state index contributed by atoms with van der Waals surface area (Å²) in [4.78, 5) is 18.5. The lowest BCUT2D eigenvalue weighted by atomic mass is 10.3. The molecule has 1 N–H and O–H groups in total. The Labute approximate surface area is 142 Å². The molecule has 8 heteroatoms. The summed E-state index contributed by atoms with van der Waals surface area (Å²) in [6.45, 7) is -2.92. The van der Waals surface area contributed by atoms with E-state index in [-0.39, 0.29) is 11.4 Å². The van der Waals surface area contributed by atoms with E-state index in [9.17, 15) is 13.6 Å². The number of imidazole rings is 1. The Hall–Kier alpha value is -3.16. The van der Waals surface area contributed by atoms with Gasteiger partial charge in [0, 0.05) is 38.2 Å². The van der Waals surface area contributed by atoms with Crippen LogP contribution in [0.1, 0.15) is 10.5 Å². The van der Waals surface area contributed by atoms with Crippen LogP contribution in [0.4, 0.5) is 20.2 Å². The summed E-state index contributed by atoms with van der Waals surface area (Å²) in [6, 6.07) is 9.51. The highest BCUT2D eigenvalue weighted by atomic mass is 19.3. The molecule has 25 heavy (non-hydrogen) atoms. The first-order chi connectivity index (χ1) is 11.9. The van der Waals surface area contributed by atoms with E-state index < -0.39 is 12.5 Å². The second-order valence-electron chi connectivity index (χ2n) is 5.53. The summed E-state index contributed by atoms with van der Waals surface area (Å²) in [5, 5.41) is 2.62. The minimum atomic E-state index is -2.92. The van der Waals surface area contributed by atoms with Crippen LogP contribution in [0.25, 0.3) is 5.65 Å². The van der Waals surface area contributed by atoms with Gasteiger partial charge in [0.1, 0.15) is 17.1 Å². The maximum absolute atomic E-state index is 12.3. The third-order valence-electron chi connectivity index (χ3n) is 3.50. The average molecular weight is 346 g/mol. The maximum Gasteiger partial charge on any atom is 0.387 e. The minimum Gasteiger partial charge on any atom is -0.435 e. The lowest BCUT2D eigenvalue weighted by Crippen LogP contribution is -2.12. The molecule has 0 aliphatic rings. The monoisotopic (exact) mass is 346 g/mol. The number of alkyl halides is 2. The summed E-state index contributed by atoms with van der Waals surface area (Å²) in [5.74, 6) is -0.470. The van der Waals surface area contributed by atoms with E-state index in [1.807, 2.05) is 37.3 Å². The molecule has 0 unspecified atom stereocenters. The predicted octanol–water partition coefficient (Wildman–Crippen LogP) is 3.25. The highest BCUT2D eigenvalue weighted by molar-refractivity contribution is 6.03. The van der Waals surface area contributed by atoms with E-state index in [2.05, 4.69) is 15.0 Å². The van der Waals surface area contributed by atoms with E-state index in [1.54, 1.807) is 16.7 Å². The number of anilines is 2. The fourth-order valence-corrected chi connectivity index (χ4v) is 2.30. The molecule has 3 rings (SSSR count). The van der Waals surface area contributed by atoms with Gasteiger partial charge in [0.25, 0.3) is 5.91 Å². The first kappa shape index (κ1) is 16.7. The smallest absolute Gasteiger partial charge is 0.387 e. The van der Waals surface area contributed by atoms with E-state index in [4.69, 9.17) is 0 Å². The van der Waals surface area contributed by atoms with Gasteiger partial charge in [-0.2, -0.15) is 8.78 Å². The fraction of sp³-hybridized carbons (Fsp3) is 0.176. The number of hydrogen-bond acceptors (Lipinski definition) is 4. The van der Waals surface area contributed by atoms with Crippen molar-refractivity contribution in [2.24, 2.45) is 0 Å². The number of carbonyl (C=O) groups is 1. The topological polar surface area (TPSA) is 58.9 Å². The molecule has 3 aromatic rings. The van der Waals surface area contributed by atoms with Gasteiger partial charge in [-0.1, -0.05) is 6.07 Å². The molecule has 0 bridgehead atoms. The largest absolute Gasteiger partial charge is 0.435 e. The Morgan fingerprint density at radius 3 is 2.76 bits per heavy atom. The van der Waals surface area contributed by atoms with Crippen LogP contribution < -0.4 is 15.0 Å². The molecule has 0 saturated carbocycles. The first-order valence-corrected chi connectivity index (χ1v) is 7.45. The average Bonchev–Trinajstić information content (AvgIpc) is 2.97. The number of amides is 1. The molecule has 0 aliphatic carbocycles. The molecule has 130 valence electrons. The van der Waals surface area contributed by atoms with Crippen LogP contribution in [-0.2, 0) is 0 Å². The molecule has 1 aromatic carbocycles. The molecule has 0 radical (unpaired) electrons. The van der Waals surface area contributed by atoms with Crippen molar-refractivity contribution in [2.45, 2.75) is 6.61 Å². The summed E-state index contributed by atoms with van der Waals surface area (Å²) >= 11 is 0. The molecule has 0 fully saturated rings. The summed E-state index contributed by atoms with van der Waals surface area (Å²) in [5.41, 5.74) is 2.16. The summed E-state index contributed by atoms with van der Waals surface area (Å²) < 4.78 is 30.6. The van der Waals surface area contributed by atoms with Crippen LogP contribution in [0.15, 0.2) is 48.8 Å². The van der Waals surface area contributed by atoms with Crippen molar-refractivity contribution >= 4 is 22.9 Å². The molecular weight excluding hydrogens is 330 g/mol. The van der Waals surface area contributed by atoms with Crippen molar-refractivity contribution in [2.75, 3.05) is 24.3 Å². The van der Waals surface area contributed by atoms with Gasteiger partial charge in [-0.05, 0) is 24.3 Å². The van der Waals surface area contributed by atoms with Gasteiger partial charge >= 0.3 is 6.61 Å². The van der Waals surface area contributed by atoms with Crippen molar-refractivity contribution < 1.29 is 18.3 Å². The Morgan fingerprint density at radius 1 is 1.24 bits per heavy atom. The van der Waals surface area contributed by atoms with Crippen LogP contribution in [0.3, 0.4) is 0 Å². The molecule has 0 atom stereocenters. The molecular formula is C17H16F2N4O2. The second kappa shape index (κ2) is 6.76. The maximum atomic E-state index is 12.3. The van der Waals surface area contributed by atoms with E-state index >= 15 is 0 Å². The van der Waals surface area contributed by atoms with E-state index in [1.165, 1.54) is 18.2 Å². The number of rotatable bonds is 5. The van der Waals surface area contributed by atoms with E-state index in [0.717, 1.165) is 5.69 Å². The van der Waals surface area contributed by atoms with Crippen LogP contribution in [0.5, 0.6) is 5.75 Å². The van der Waals surface area contributed by atoms with Gasteiger partial charge < -0.3 is 19.4 Å². The number of carbonyl (C=O) groups excluding carboxylic acids is 1. The van der Waals surface area contributed by atoms with Crippen molar-refractivity contribution in [3.05, 3.63) is 54.5 Å². The highest BCUT2D eigenvalue weighted by Crippen LogP contribution is 2.20. The molecule has 2 aromatic heterocycles. The van der Waals surface area contributed by atoms with Crippen LogP contribution in [0.2, 0.25) is 0 Å². The Morgan fingerprint density at radius 2 is 2.04 bits per heavy atom. The Bertz CT molecular complexity index is 909. The van der Waals surface area contributed by atoms with Crippen LogP contribution in [-0.4, -0.2) is 36.0 Å². The molecule has 6 nitrogen and oxygen atoms in total. The van der Waals surface area contributed by atoms with Crippen LogP contribution in [0, 0.1) is 0 Å². The molecule has 1 amide bonds. The van der Waals surface area contributed by atoms with Gasteiger partial charge in [0.2, 0.25) is 0 Å². The SMILES string of the molecule is CN(C)c1ccc2nc(C(=O)Nc3cccc(OC(F)F)c3)cn2c1. The number of benzene rings is 1. The summed E-state index contributed by atoms with van der Waals surface area (Å²) in [7, 11) is 3.83. The lowest BCUT2D eigenvalue weighted by Gasteiger charge is -2.11. The van der Waals surface area contributed by atoms with E-state index in [0.29, 0.717) is 11.3 Å². The predicted molar refractivity (Wildman–Crippen MR) is 90.5 cm³/mol. The van der Waals surface area contributed by atoms with Gasteiger partial charge in [-0.3, -0.25) is 4.79 Å². The minimum absolute atomic E-state index is 0.0292. The highest BCUT2D eigenvalue weighted by Gasteiger charge is 2.12. The zero-order valence-corrected chi connectivity index (χ0v) is 13.6. The van der Waals surface area contributed by atoms with Crippen molar-refractivity contribution in [1.82, 2.24) is 9.38 Å². The molecule has 2 heterocycles. The lowest BCUT2D eigenvalue weighted by molar-refractivity contribution is -0.0497. The van der Waals surface area contributed by atoms with Crippen molar-refractivity contribution in [3.8, 4) is 5.75 Å². The first-order valence-electron chi connectivity index (χ1n) is 7.45. The van der Waals surface area contributed by atoms with Gasteiger partial charge in [-0.15, -0.1) is 0 Å². The standard InChI is InChI=1S/C17H16F2N4O2/c1-22(2)12-6-7-15-21-14(10-23(15)9-12)16(24)20-11-4-3-5-13(8-11)25-17(18)19/h3-10,17H,1-2H3,(H,20,24). The third-order valence-corrected chi connectivity index (χ3v) is 3.50. The number of ether oxygens (including phenoxy) is 1. The number of hydrogen-bond donors (Lipinski definition) is 1. The number of nitrogens with one attached hydrogen (secondary N) is 1. The Kier molecular flexibility index (Phi) is 4.51. The number of aromatic nitrogens is 2.